The van der Waals surface area contributed by atoms with E-state index in [-0.39, 0.29) is 11.4 Å². The maximum Gasteiger partial charge on any atom is 0.323 e. The van der Waals surface area contributed by atoms with Crippen molar-refractivity contribution in [2.75, 3.05) is 11.4 Å². The molecule has 0 radical (unpaired) electrons. The maximum absolute atomic E-state index is 12.1. The summed E-state index contributed by atoms with van der Waals surface area (Å²) in [5.41, 5.74) is 0.350. The Morgan fingerprint density at radius 2 is 1.95 bits per heavy atom. The molecule has 2 rings (SSSR count). The van der Waals surface area contributed by atoms with Crippen LogP contribution in [0.5, 0.6) is 5.75 Å². The van der Waals surface area contributed by atoms with Gasteiger partial charge in [-0.3, -0.25) is 14.5 Å². The second kappa shape index (κ2) is 5.17. The number of H-pyrrole nitrogens is 1. The summed E-state index contributed by atoms with van der Waals surface area (Å²) >= 11 is 0. The first-order valence-electron chi connectivity index (χ1n) is 5.26. The fourth-order valence-electron chi connectivity index (χ4n) is 1.49. The maximum atomic E-state index is 12.1. The van der Waals surface area contributed by atoms with Crippen molar-refractivity contribution in [3.8, 4) is 5.75 Å². The van der Waals surface area contributed by atoms with Crippen molar-refractivity contribution in [2.24, 2.45) is 0 Å². The largest absolute Gasteiger partial charge is 0.508 e. The second-order valence-electron chi connectivity index (χ2n) is 3.66. The third-order valence-corrected chi connectivity index (χ3v) is 2.33. The fourth-order valence-corrected chi connectivity index (χ4v) is 1.49. The van der Waals surface area contributed by atoms with Crippen molar-refractivity contribution in [3.63, 3.8) is 0 Å². The van der Waals surface area contributed by atoms with E-state index in [1.165, 1.54) is 30.5 Å². The summed E-state index contributed by atoms with van der Waals surface area (Å²) in [5, 5.41) is 27.5. The number of nitrogens with one attached hydrogen (secondary N) is 1. The summed E-state index contributed by atoms with van der Waals surface area (Å²) < 4.78 is 0. The summed E-state index contributed by atoms with van der Waals surface area (Å²) in [4.78, 5) is 24.0. The van der Waals surface area contributed by atoms with Crippen LogP contribution in [0, 0.1) is 0 Å². The molecule has 0 unspecified atom stereocenters. The molecule has 0 aliphatic rings. The van der Waals surface area contributed by atoms with E-state index in [4.69, 9.17) is 5.11 Å². The Kier molecular flexibility index (Phi) is 3.42. The van der Waals surface area contributed by atoms with Crippen LogP contribution in [0.4, 0.5) is 5.69 Å². The van der Waals surface area contributed by atoms with Crippen molar-refractivity contribution in [3.05, 3.63) is 36.2 Å². The van der Waals surface area contributed by atoms with E-state index in [1.54, 1.807) is 0 Å². The van der Waals surface area contributed by atoms with Crippen molar-refractivity contribution in [1.82, 2.24) is 15.4 Å². The number of benzene rings is 1. The highest BCUT2D eigenvalue weighted by Crippen LogP contribution is 2.19. The van der Waals surface area contributed by atoms with E-state index in [2.05, 4.69) is 15.4 Å². The fraction of sp³-hybridized carbons (Fsp3) is 0.0909. The van der Waals surface area contributed by atoms with Crippen LogP contribution in [-0.2, 0) is 4.79 Å². The molecule has 2 aromatic rings. The number of aromatic amines is 1. The average molecular weight is 262 g/mol. The highest BCUT2D eigenvalue weighted by atomic mass is 16.4. The smallest absolute Gasteiger partial charge is 0.323 e. The summed E-state index contributed by atoms with van der Waals surface area (Å²) in [6.45, 7) is -0.517. The number of aromatic nitrogens is 3. The third kappa shape index (κ3) is 2.86. The minimum atomic E-state index is -1.16. The standard InChI is InChI=1S/C11H10N4O4/c16-8-3-1-7(2-4-8)15(6-10(17)18)11(19)9-5-12-14-13-9/h1-5,16H,6H2,(H,17,18)(H,12,13,14). The van der Waals surface area contributed by atoms with Crippen LogP contribution in [0.15, 0.2) is 30.5 Å². The Balaban J connectivity index is 2.33. The minimum absolute atomic E-state index is 0.00863. The van der Waals surface area contributed by atoms with Crippen LogP contribution in [0.25, 0.3) is 0 Å². The van der Waals surface area contributed by atoms with Gasteiger partial charge in [0.15, 0.2) is 5.69 Å². The molecule has 3 N–H and O–H groups in total. The van der Waals surface area contributed by atoms with Crippen LogP contribution in [-0.4, -0.2) is 44.0 Å². The summed E-state index contributed by atoms with van der Waals surface area (Å²) in [7, 11) is 0. The van der Waals surface area contributed by atoms with Crippen LogP contribution in [0.3, 0.4) is 0 Å². The Labute approximate surface area is 107 Å². The van der Waals surface area contributed by atoms with E-state index in [0.717, 1.165) is 4.90 Å². The molecule has 1 heterocycles. The summed E-state index contributed by atoms with van der Waals surface area (Å²) in [6, 6.07) is 5.60. The minimum Gasteiger partial charge on any atom is -0.508 e. The predicted molar refractivity (Wildman–Crippen MR) is 63.8 cm³/mol. The molecule has 0 aliphatic heterocycles. The van der Waals surface area contributed by atoms with Crippen molar-refractivity contribution in [1.29, 1.82) is 0 Å². The topological polar surface area (TPSA) is 119 Å². The molecule has 1 aromatic heterocycles. The van der Waals surface area contributed by atoms with Crippen LogP contribution in [0.1, 0.15) is 10.5 Å². The number of carbonyl (C=O) groups excluding carboxylic acids is 1. The first kappa shape index (κ1) is 12.6. The lowest BCUT2D eigenvalue weighted by atomic mass is 10.2. The molecule has 1 aromatic carbocycles. The number of nitrogens with zero attached hydrogens (tertiary/aromatic N) is 3. The molecule has 0 saturated heterocycles. The van der Waals surface area contributed by atoms with E-state index in [1.807, 2.05) is 0 Å². The van der Waals surface area contributed by atoms with Gasteiger partial charge in [0, 0.05) is 5.69 Å². The Morgan fingerprint density at radius 1 is 1.26 bits per heavy atom. The monoisotopic (exact) mass is 262 g/mol. The second-order valence-corrected chi connectivity index (χ2v) is 3.66. The van der Waals surface area contributed by atoms with Gasteiger partial charge in [-0.15, -0.1) is 0 Å². The zero-order chi connectivity index (χ0) is 13.8. The molecule has 8 nitrogen and oxygen atoms in total. The highest BCUT2D eigenvalue weighted by molar-refractivity contribution is 6.06. The number of hydrogen-bond donors (Lipinski definition) is 3. The first-order chi connectivity index (χ1) is 9.08. The molecule has 19 heavy (non-hydrogen) atoms. The quantitative estimate of drug-likeness (QED) is 0.726. The Bertz CT molecular complexity index is 579. The molecule has 0 aliphatic carbocycles. The van der Waals surface area contributed by atoms with Gasteiger partial charge < -0.3 is 10.2 Å². The zero-order valence-corrected chi connectivity index (χ0v) is 9.65. The third-order valence-electron chi connectivity index (χ3n) is 2.33. The van der Waals surface area contributed by atoms with Crippen LogP contribution >= 0.6 is 0 Å². The molecule has 0 atom stereocenters. The SMILES string of the molecule is O=C(O)CN(C(=O)c1cn[nH]n1)c1ccc(O)cc1. The lowest BCUT2D eigenvalue weighted by Crippen LogP contribution is -2.35. The average Bonchev–Trinajstić information content (AvgIpc) is 2.90. The number of phenols is 1. The molecule has 8 heteroatoms. The summed E-state index contributed by atoms with van der Waals surface area (Å²) in [6.07, 6.45) is 1.21. The van der Waals surface area contributed by atoms with Gasteiger partial charge in [0.25, 0.3) is 5.91 Å². The van der Waals surface area contributed by atoms with E-state index in [0.29, 0.717) is 5.69 Å². The number of aromatic hydroxyl groups is 1. The highest BCUT2D eigenvalue weighted by Gasteiger charge is 2.22. The molecule has 0 bridgehead atoms. The lowest BCUT2D eigenvalue weighted by Gasteiger charge is -2.19. The molecular weight excluding hydrogens is 252 g/mol. The van der Waals surface area contributed by atoms with E-state index in [9.17, 15) is 14.7 Å². The van der Waals surface area contributed by atoms with Gasteiger partial charge in [-0.25, -0.2) is 0 Å². The molecule has 0 fully saturated rings. The van der Waals surface area contributed by atoms with Crippen molar-refractivity contribution in [2.45, 2.75) is 0 Å². The van der Waals surface area contributed by atoms with E-state index < -0.39 is 18.4 Å². The number of carbonyl (C=O) groups is 2. The number of aliphatic carboxylic acids is 1. The molecule has 98 valence electrons. The normalized spacial score (nSPS) is 10.1. The predicted octanol–water partition coefficient (Wildman–Crippen LogP) is 0.242. The molecule has 1 amide bonds. The van der Waals surface area contributed by atoms with Crippen molar-refractivity contribution < 1.29 is 19.8 Å². The Morgan fingerprint density at radius 3 is 2.47 bits per heavy atom. The molecule has 0 spiro atoms. The number of rotatable bonds is 4. The van der Waals surface area contributed by atoms with Gasteiger partial charge in [-0.2, -0.15) is 15.4 Å². The van der Waals surface area contributed by atoms with Gasteiger partial charge >= 0.3 is 5.97 Å². The number of amides is 1. The number of hydrogen-bond acceptors (Lipinski definition) is 5. The van der Waals surface area contributed by atoms with E-state index >= 15 is 0 Å². The number of anilines is 1. The van der Waals surface area contributed by atoms with Crippen LogP contribution in [0.2, 0.25) is 0 Å². The number of carboxylic acids is 1. The zero-order valence-electron chi connectivity index (χ0n) is 9.65. The van der Waals surface area contributed by atoms with Gasteiger partial charge in [-0.1, -0.05) is 0 Å². The number of carboxylic acid groups (broad SMARTS) is 1. The van der Waals surface area contributed by atoms with Gasteiger partial charge in [0.05, 0.1) is 6.20 Å². The van der Waals surface area contributed by atoms with Gasteiger partial charge in [0.2, 0.25) is 0 Å². The van der Waals surface area contributed by atoms with Gasteiger partial charge in [-0.05, 0) is 24.3 Å². The molecule has 0 saturated carbocycles. The Hall–Kier alpha value is -2.90. The summed E-state index contributed by atoms with van der Waals surface area (Å²) in [5.74, 6) is -1.74. The van der Waals surface area contributed by atoms with Crippen LogP contribution < -0.4 is 4.90 Å². The van der Waals surface area contributed by atoms with Crippen molar-refractivity contribution >= 4 is 17.6 Å². The van der Waals surface area contributed by atoms with Gasteiger partial charge in [0.1, 0.15) is 12.3 Å². The molecular formula is C11H10N4O4. The number of phenolic OH excluding ortho intramolecular Hbond substituents is 1. The lowest BCUT2D eigenvalue weighted by molar-refractivity contribution is -0.135. The first-order valence-corrected chi connectivity index (χ1v) is 5.26.